The maximum absolute atomic E-state index is 13.0. The van der Waals surface area contributed by atoms with E-state index in [-0.39, 0.29) is 5.82 Å². The predicted octanol–water partition coefficient (Wildman–Crippen LogP) is 2.50. The molecule has 0 saturated carbocycles. The van der Waals surface area contributed by atoms with E-state index in [1.807, 2.05) is 0 Å². The van der Waals surface area contributed by atoms with Crippen LogP contribution in [-0.4, -0.2) is 26.2 Å². The molecule has 1 atom stereocenters. The quantitative estimate of drug-likeness (QED) is 0.274. The van der Waals surface area contributed by atoms with Crippen molar-refractivity contribution in [1.29, 1.82) is 0 Å². The number of esters is 1. The molecule has 0 aliphatic carbocycles. The smallest absolute Gasteiger partial charge is 0.330 e. The molecule has 0 heterocycles. The van der Waals surface area contributed by atoms with Crippen molar-refractivity contribution in [3.63, 3.8) is 0 Å². The fourth-order valence-electron chi connectivity index (χ4n) is 1.81. The SMILES string of the molecule is COC(=O)C(C)(NCCCN=[N+]=[N-])c1ccc(F)cc1. The van der Waals surface area contributed by atoms with Crippen molar-refractivity contribution in [3.05, 3.63) is 46.1 Å². The Morgan fingerprint density at radius 3 is 2.70 bits per heavy atom. The van der Waals surface area contributed by atoms with Crippen LogP contribution in [0.25, 0.3) is 10.4 Å². The molecule has 108 valence electrons. The molecule has 1 N–H and O–H groups in total. The van der Waals surface area contributed by atoms with Gasteiger partial charge in [-0.1, -0.05) is 17.2 Å². The van der Waals surface area contributed by atoms with Crippen LogP contribution in [0.1, 0.15) is 18.9 Å². The Hall–Kier alpha value is -2.11. The highest BCUT2D eigenvalue weighted by Crippen LogP contribution is 2.22. The molecule has 6 nitrogen and oxygen atoms in total. The molecule has 0 amide bonds. The first-order chi connectivity index (χ1) is 9.54. The van der Waals surface area contributed by atoms with E-state index >= 15 is 0 Å². The molecule has 0 aliphatic heterocycles. The summed E-state index contributed by atoms with van der Waals surface area (Å²) in [4.78, 5) is 14.6. The minimum Gasteiger partial charge on any atom is -0.467 e. The van der Waals surface area contributed by atoms with E-state index in [0.717, 1.165) is 0 Å². The topological polar surface area (TPSA) is 87.1 Å². The van der Waals surface area contributed by atoms with E-state index < -0.39 is 11.5 Å². The zero-order chi connectivity index (χ0) is 15.0. The molecule has 1 rings (SSSR count). The first kappa shape index (κ1) is 15.9. The lowest BCUT2D eigenvalue weighted by Crippen LogP contribution is -2.47. The third-order valence-electron chi connectivity index (χ3n) is 2.99. The molecule has 0 spiro atoms. The summed E-state index contributed by atoms with van der Waals surface area (Å²) in [6.07, 6.45) is 0.581. The number of hydrogen-bond acceptors (Lipinski definition) is 4. The standard InChI is InChI=1S/C13H17FN4O2/c1-13(12(19)20-2,16-8-3-9-17-18-15)10-4-6-11(14)7-5-10/h4-7,16H,3,8-9H2,1-2H3. The van der Waals surface area contributed by atoms with Crippen molar-refractivity contribution < 1.29 is 13.9 Å². The van der Waals surface area contributed by atoms with Gasteiger partial charge in [0.1, 0.15) is 11.4 Å². The van der Waals surface area contributed by atoms with Crippen LogP contribution in [0.2, 0.25) is 0 Å². The number of nitrogens with one attached hydrogen (secondary N) is 1. The van der Waals surface area contributed by atoms with E-state index in [1.54, 1.807) is 6.92 Å². The Bertz CT molecular complexity index is 500. The Labute approximate surface area is 116 Å². The molecule has 0 fully saturated rings. The monoisotopic (exact) mass is 280 g/mol. The zero-order valence-electron chi connectivity index (χ0n) is 11.5. The van der Waals surface area contributed by atoms with Gasteiger partial charge in [-0.15, -0.1) is 0 Å². The average molecular weight is 280 g/mol. The van der Waals surface area contributed by atoms with Crippen LogP contribution < -0.4 is 5.32 Å². The predicted molar refractivity (Wildman–Crippen MR) is 72.4 cm³/mol. The zero-order valence-corrected chi connectivity index (χ0v) is 11.5. The summed E-state index contributed by atoms with van der Waals surface area (Å²) in [6, 6.07) is 5.65. The molecule has 0 radical (unpaired) electrons. The van der Waals surface area contributed by atoms with Gasteiger partial charge in [0, 0.05) is 11.5 Å². The Kier molecular flexibility index (Phi) is 5.96. The van der Waals surface area contributed by atoms with Gasteiger partial charge in [-0.2, -0.15) is 0 Å². The molecule has 0 saturated heterocycles. The second-order valence-corrected chi connectivity index (χ2v) is 4.36. The summed E-state index contributed by atoms with van der Waals surface area (Å²) in [5.74, 6) is -0.836. The van der Waals surface area contributed by atoms with Crippen LogP contribution in [-0.2, 0) is 15.1 Å². The van der Waals surface area contributed by atoms with Crippen molar-refractivity contribution >= 4 is 5.97 Å². The summed E-state index contributed by atoms with van der Waals surface area (Å²) in [7, 11) is 1.30. The molecule has 7 heteroatoms. The molecule has 1 unspecified atom stereocenters. The molecule has 20 heavy (non-hydrogen) atoms. The molecule has 0 aromatic heterocycles. The van der Waals surface area contributed by atoms with Crippen molar-refractivity contribution in [1.82, 2.24) is 5.32 Å². The fraction of sp³-hybridized carbons (Fsp3) is 0.462. The summed E-state index contributed by atoms with van der Waals surface area (Å²) in [5.41, 5.74) is 7.72. The Morgan fingerprint density at radius 2 is 2.15 bits per heavy atom. The summed E-state index contributed by atoms with van der Waals surface area (Å²) >= 11 is 0. The second-order valence-electron chi connectivity index (χ2n) is 4.36. The average Bonchev–Trinajstić information content (AvgIpc) is 2.46. The highest BCUT2D eigenvalue weighted by atomic mass is 19.1. The van der Waals surface area contributed by atoms with Gasteiger partial charge in [-0.25, -0.2) is 9.18 Å². The van der Waals surface area contributed by atoms with Gasteiger partial charge >= 0.3 is 5.97 Å². The number of rotatable bonds is 7. The normalized spacial score (nSPS) is 13.2. The summed E-state index contributed by atoms with van der Waals surface area (Å²) in [6.45, 7) is 2.46. The minimum absolute atomic E-state index is 0.337. The maximum Gasteiger partial charge on any atom is 0.330 e. The van der Waals surface area contributed by atoms with Gasteiger partial charge in [0.2, 0.25) is 0 Å². The van der Waals surface area contributed by atoms with Crippen LogP contribution >= 0.6 is 0 Å². The van der Waals surface area contributed by atoms with Crippen LogP contribution in [0.15, 0.2) is 29.4 Å². The van der Waals surface area contributed by atoms with Crippen molar-refractivity contribution in [2.24, 2.45) is 5.11 Å². The van der Waals surface area contributed by atoms with E-state index in [4.69, 9.17) is 10.3 Å². The molecule has 0 bridgehead atoms. The van der Waals surface area contributed by atoms with Gasteiger partial charge in [-0.3, -0.25) is 5.32 Å². The van der Waals surface area contributed by atoms with Crippen molar-refractivity contribution in [2.75, 3.05) is 20.2 Å². The van der Waals surface area contributed by atoms with E-state index in [9.17, 15) is 9.18 Å². The summed E-state index contributed by atoms with van der Waals surface area (Å²) in [5, 5.41) is 6.48. The van der Waals surface area contributed by atoms with Gasteiger partial charge in [-0.05, 0) is 43.1 Å². The van der Waals surface area contributed by atoms with Crippen LogP contribution in [0.3, 0.4) is 0 Å². The van der Waals surface area contributed by atoms with E-state index in [1.165, 1.54) is 31.4 Å². The number of carbonyl (C=O) groups excluding carboxylic acids is 1. The number of azide groups is 1. The van der Waals surface area contributed by atoms with Crippen molar-refractivity contribution in [2.45, 2.75) is 18.9 Å². The number of methoxy groups -OCH3 is 1. The minimum atomic E-state index is -1.07. The van der Waals surface area contributed by atoms with Crippen molar-refractivity contribution in [3.8, 4) is 0 Å². The Morgan fingerprint density at radius 1 is 1.50 bits per heavy atom. The fourth-order valence-corrected chi connectivity index (χ4v) is 1.81. The van der Waals surface area contributed by atoms with Gasteiger partial charge in [0.25, 0.3) is 0 Å². The van der Waals surface area contributed by atoms with Crippen LogP contribution in [0, 0.1) is 5.82 Å². The molecule has 0 aliphatic rings. The molecular formula is C13H17FN4O2. The third kappa shape index (κ3) is 3.94. The lowest BCUT2D eigenvalue weighted by Gasteiger charge is -2.28. The first-order valence-corrected chi connectivity index (χ1v) is 6.15. The lowest BCUT2D eigenvalue weighted by molar-refractivity contribution is -0.148. The molecular weight excluding hydrogens is 263 g/mol. The largest absolute Gasteiger partial charge is 0.467 e. The number of hydrogen-bond donors (Lipinski definition) is 1. The van der Waals surface area contributed by atoms with E-state index in [0.29, 0.717) is 25.1 Å². The van der Waals surface area contributed by atoms with E-state index in [2.05, 4.69) is 15.3 Å². The number of carbonyl (C=O) groups is 1. The highest BCUT2D eigenvalue weighted by Gasteiger charge is 2.35. The lowest BCUT2D eigenvalue weighted by atomic mass is 9.92. The number of benzene rings is 1. The number of ether oxygens (including phenoxy) is 1. The van der Waals surface area contributed by atoms with Crippen LogP contribution in [0.5, 0.6) is 0 Å². The highest BCUT2D eigenvalue weighted by molar-refractivity contribution is 5.82. The maximum atomic E-state index is 13.0. The van der Waals surface area contributed by atoms with Gasteiger partial charge in [0.15, 0.2) is 0 Å². The second kappa shape index (κ2) is 7.47. The molecule has 1 aromatic rings. The van der Waals surface area contributed by atoms with Gasteiger partial charge in [0.05, 0.1) is 7.11 Å². The van der Waals surface area contributed by atoms with Gasteiger partial charge < -0.3 is 4.74 Å². The first-order valence-electron chi connectivity index (χ1n) is 6.15. The Balaban J connectivity index is 2.83. The number of halogens is 1. The summed E-state index contributed by atoms with van der Waals surface area (Å²) < 4.78 is 17.8. The number of nitrogens with zero attached hydrogens (tertiary/aromatic N) is 3. The van der Waals surface area contributed by atoms with Crippen LogP contribution in [0.4, 0.5) is 4.39 Å². The third-order valence-corrected chi connectivity index (χ3v) is 2.99. The molecule has 1 aromatic carbocycles.